The summed E-state index contributed by atoms with van der Waals surface area (Å²) in [4.78, 5) is 30.6. The monoisotopic (exact) mass is 426 g/mol. The summed E-state index contributed by atoms with van der Waals surface area (Å²) in [6, 6.07) is 14.4. The van der Waals surface area contributed by atoms with Gasteiger partial charge < -0.3 is 14.4 Å². The van der Waals surface area contributed by atoms with Crippen LogP contribution in [0, 0.1) is 6.92 Å². The number of pyridine rings is 1. The van der Waals surface area contributed by atoms with Crippen molar-refractivity contribution in [3.63, 3.8) is 0 Å². The third-order valence-electron chi connectivity index (χ3n) is 6.11. The van der Waals surface area contributed by atoms with E-state index in [4.69, 9.17) is 0 Å². The van der Waals surface area contributed by atoms with Crippen molar-refractivity contribution in [2.45, 2.75) is 26.4 Å². The van der Waals surface area contributed by atoms with Crippen LogP contribution in [0.3, 0.4) is 0 Å². The highest BCUT2D eigenvalue weighted by molar-refractivity contribution is 5.82. The Morgan fingerprint density at radius 3 is 2.66 bits per heavy atom. The predicted octanol–water partition coefficient (Wildman–Crippen LogP) is 3.54. The molecule has 1 aliphatic heterocycles. The first-order valence-corrected chi connectivity index (χ1v) is 10.9. The Bertz CT molecular complexity index is 1250. The molecule has 0 saturated carbocycles. The van der Waals surface area contributed by atoms with E-state index in [2.05, 4.69) is 45.0 Å². The Kier molecular flexibility index (Phi) is 5.31. The molecule has 32 heavy (non-hydrogen) atoms. The molecule has 1 atom stereocenters. The molecule has 0 aliphatic carbocycles. The fourth-order valence-electron chi connectivity index (χ4n) is 4.46. The van der Waals surface area contributed by atoms with Crippen molar-refractivity contribution in [2.75, 3.05) is 24.5 Å². The summed E-state index contributed by atoms with van der Waals surface area (Å²) in [6.45, 7) is 6.56. The van der Waals surface area contributed by atoms with Gasteiger partial charge in [0.15, 0.2) is 0 Å². The van der Waals surface area contributed by atoms with Gasteiger partial charge in [0, 0.05) is 72.7 Å². The summed E-state index contributed by atoms with van der Waals surface area (Å²) in [5.41, 5.74) is 4.12. The topological polar surface area (TPSA) is 67.2 Å². The lowest BCUT2D eigenvalue weighted by Crippen LogP contribution is -2.54. The fraction of sp³-hybridized carbons (Fsp3) is 0.280. The molecule has 1 fully saturated rings. The zero-order valence-corrected chi connectivity index (χ0v) is 18.3. The Labute approximate surface area is 187 Å². The summed E-state index contributed by atoms with van der Waals surface area (Å²) >= 11 is 0. The van der Waals surface area contributed by atoms with Gasteiger partial charge in [-0.1, -0.05) is 18.2 Å². The second-order valence-corrected chi connectivity index (χ2v) is 8.28. The van der Waals surface area contributed by atoms with Crippen molar-refractivity contribution in [3.8, 4) is 11.1 Å². The maximum Gasteiger partial charge on any atom is 0.242 e. The number of anilines is 1. The summed E-state index contributed by atoms with van der Waals surface area (Å²) in [6.07, 6.45) is 7.46. The smallest absolute Gasteiger partial charge is 0.242 e. The molecular formula is C25H26N6O. The molecule has 7 heteroatoms. The SMILES string of the molecule is Cc1ncc(-c2ccccc2N2CCN(C(=O)Cn3ccc4cccnc43)C(C)C2)cn1. The third-order valence-corrected chi connectivity index (χ3v) is 6.11. The van der Waals surface area contributed by atoms with Crippen LogP contribution in [0.5, 0.6) is 0 Å². The number of piperazine rings is 1. The lowest BCUT2D eigenvalue weighted by Gasteiger charge is -2.41. The lowest BCUT2D eigenvalue weighted by molar-refractivity contribution is -0.134. The number of para-hydroxylation sites is 1. The van der Waals surface area contributed by atoms with Crippen molar-refractivity contribution in [1.82, 2.24) is 24.4 Å². The minimum absolute atomic E-state index is 0.105. The number of nitrogens with zero attached hydrogens (tertiary/aromatic N) is 6. The first kappa shape index (κ1) is 20.2. The quantitative estimate of drug-likeness (QED) is 0.499. The van der Waals surface area contributed by atoms with Crippen LogP contribution >= 0.6 is 0 Å². The van der Waals surface area contributed by atoms with Crippen LogP contribution in [-0.4, -0.2) is 56.0 Å². The molecule has 0 radical (unpaired) electrons. The van der Waals surface area contributed by atoms with E-state index in [1.54, 1.807) is 6.20 Å². The van der Waals surface area contributed by atoms with Gasteiger partial charge in [0.1, 0.15) is 18.0 Å². The van der Waals surface area contributed by atoms with Gasteiger partial charge in [-0.3, -0.25) is 4.79 Å². The van der Waals surface area contributed by atoms with E-state index >= 15 is 0 Å². The molecule has 1 aliphatic rings. The van der Waals surface area contributed by atoms with E-state index < -0.39 is 0 Å². The van der Waals surface area contributed by atoms with Gasteiger partial charge in [-0.05, 0) is 38.1 Å². The molecule has 1 unspecified atom stereocenters. The number of hydrogen-bond donors (Lipinski definition) is 0. The van der Waals surface area contributed by atoms with Crippen LogP contribution in [-0.2, 0) is 11.3 Å². The highest BCUT2D eigenvalue weighted by Crippen LogP contribution is 2.31. The maximum atomic E-state index is 13.1. The molecule has 162 valence electrons. The lowest BCUT2D eigenvalue weighted by atomic mass is 10.0. The molecule has 7 nitrogen and oxygen atoms in total. The highest BCUT2D eigenvalue weighted by Gasteiger charge is 2.28. The molecule has 1 aromatic carbocycles. The van der Waals surface area contributed by atoms with E-state index in [0.717, 1.165) is 46.8 Å². The van der Waals surface area contributed by atoms with Crippen LogP contribution in [0.1, 0.15) is 12.7 Å². The van der Waals surface area contributed by atoms with Crippen LogP contribution in [0.2, 0.25) is 0 Å². The van der Waals surface area contributed by atoms with Crippen molar-refractivity contribution in [1.29, 1.82) is 0 Å². The Balaban J connectivity index is 1.32. The number of amides is 1. The van der Waals surface area contributed by atoms with Gasteiger partial charge in [-0.15, -0.1) is 0 Å². The van der Waals surface area contributed by atoms with Gasteiger partial charge in [0.2, 0.25) is 5.91 Å². The number of benzene rings is 1. The number of aryl methyl sites for hydroxylation is 1. The Hall–Kier alpha value is -3.74. The molecule has 0 spiro atoms. The van der Waals surface area contributed by atoms with E-state index in [-0.39, 0.29) is 11.9 Å². The zero-order chi connectivity index (χ0) is 22.1. The number of fused-ring (bicyclic) bond motifs is 1. The number of carbonyl (C=O) groups excluding carboxylic acids is 1. The molecule has 1 saturated heterocycles. The van der Waals surface area contributed by atoms with Gasteiger partial charge >= 0.3 is 0 Å². The fourth-order valence-corrected chi connectivity index (χ4v) is 4.46. The van der Waals surface area contributed by atoms with Crippen molar-refractivity contribution >= 4 is 22.6 Å². The zero-order valence-electron chi connectivity index (χ0n) is 18.3. The summed E-state index contributed by atoms with van der Waals surface area (Å²) in [5, 5.41) is 1.05. The van der Waals surface area contributed by atoms with Crippen LogP contribution in [0.15, 0.2) is 67.3 Å². The van der Waals surface area contributed by atoms with Crippen molar-refractivity contribution in [2.24, 2.45) is 0 Å². The molecule has 4 heterocycles. The number of hydrogen-bond acceptors (Lipinski definition) is 5. The average molecular weight is 427 g/mol. The Morgan fingerprint density at radius 1 is 1.03 bits per heavy atom. The first-order chi connectivity index (χ1) is 15.6. The van der Waals surface area contributed by atoms with Gasteiger partial charge in [0.25, 0.3) is 0 Å². The third kappa shape index (κ3) is 3.82. The summed E-state index contributed by atoms with van der Waals surface area (Å²) in [7, 11) is 0. The van der Waals surface area contributed by atoms with E-state index in [1.807, 2.05) is 59.2 Å². The number of rotatable bonds is 4. The van der Waals surface area contributed by atoms with Crippen LogP contribution < -0.4 is 4.90 Å². The van der Waals surface area contributed by atoms with Crippen LogP contribution in [0.4, 0.5) is 5.69 Å². The highest BCUT2D eigenvalue weighted by atomic mass is 16.2. The van der Waals surface area contributed by atoms with Crippen molar-refractivity contribution < 1.29 is 4.79 Å². The molecule has 5 rings (SSSR count). The molecule has 4 aromatic rings. The second kappa shape index (κ2) is 8.42. The average Bonchev–Trinajstić information content (AvgIpc) is 3.22. The van der Waals surface area contributed by atoms with E-state index in [0.29, 0.717) is 13.1 Å². The molecule has 3 aromatic heterocycles. The summed E-state index contributed by atoms with van der Waals surface area (Å²) in [5.74, 6) is 0.887. The van der Waals surface area contributed by atoms with E-state index in [1.165, 1.54) is 0 Å². The van der Waals surface area contributed by atoms with Gasteiger partial charge in [-0.25, -0.2) is 15.0 Å². The summed E-state index contributed by atoms with van der Waals surface area (Å²) < 4.78 is 1.93. The largest absolute Gasteiger partial charge is 0.367 e. The normalized spacial score (nSPS) is 16.5. The first-order valence-electron chi connectivity index (χ1n) is 10.9. The standard InChI is InChI=1S/C25H26N6O/c1-18-16-29(23-8-4-3-7-22(23)21-14-27-19(2)28-15-21)12-13-31(18)24(32)17-30-11-9-20-6-5-10-26-25(20)30/h3-11,14-15,18H,12-13,16-17H2,1-2H3. The minimum atomic E-state index is 0.105. The maximum absolute atomic E-state index is 13.1. The minimum Gasteiger partial charge on any atom is -0.367 e. The molecule has 0 bridgehead atoms. The van der Waals surface area contributed by atoms with Gasteiger partial charge in [-0.2, -0.15) is 0 Å². The predicted molar refractivity (Wildman–Crippen MR) is 125 cm³/mol. The van der Waals surface area contributed by atoms with Gasteiger partial charge in [0.05, 0.1) is 0 Å². The van der Waals surface area contributed by atoms with Crippen LogP contribution in [0.25, 0.3) is 22.2 Å². The van der Waals surface area contributed by atoms with Crippen molar-refractivity contribution in [3.05, 3.63) is 73.1 Å². The molecule has 0 N–H and O–H groups in total. The molecule has 1 amide bonds. The molecular weight excluding hydrogens is 400 g/mol. The Morgan fingerprint density at radius 2 is 1.84 bits per heavy atom. The second-order valence-electron chi connectivity index (χ2n) is 8.28. The van der Waals surface area contributed by atoms with E-state index in [9.17, 15) is 4.79 Å². The number of carbonyl (C=O) groups is 1. The number of aromatic nitrogens is 4.